The Kier molecular flexibility index (Phi) is 4.80. The predicted molar refractivity (Wildman–Crippen MR) is 84.1 cm³/mol. The second-order valence-electron chi connectivity index (χ2n) is 5.17. The number of nitrogens with one attached hydrogen (secondary N) is 1. The molecule has 2 rings (SSSR count). The molecule has 0 aliphatic carbocycles. The third-order valence-electron chi connectivity index (χ3n) is 3.37. The molecule has 2 atom stereocenters. The summed E-state index contributed by atoms with van der Waals surface area (Å²) in [6, 6.07) is 20.4. The van der Waals surface area contributed by atoms with E-state index < -0.39 is 11.6 Å². The first-order valence-electron chi connectivity index (χ1n) is 7.05. The molecule has 0 bridgehead atoms. The Morgan fingerprint density at radius 3 is 2.23 bits per heavy atom. The topological polar surface area (TPSA) is 62.1 Å². The zero-order chi connectivity index (χ0) is 16.0. The molecule has 4 heteroatoms. The van der Waals surface area contributed by atoms with Gasteiger partial charge in [-0.15, -0.1) is 0 Å². The van der Waals surface area contributed by atoms with E-state index in [-0.39, 0.29) is 5.91 Å². The van der Waals surface area contributed by atoms with Gasteiger partial charge in [-0.2, -0.15) is 5.26 Å². The van der Waals surface area contributed by atoms with Gasteiger partial charge in [0.25, 0.3) is 5.91 Å². The third-order valence-corrected chi connectivity index (χ3v) is 3.37. The molecule has 2 aromatic rings. The van der Waals surface area contributed by atoms with Crippen molar-refractivity contribution in [1.82, 2.24) is 5.32 Å². The predicted octanol–water partition coefficient (Wildman–Crippen LogP) is 3.01. The van der Waals surface area contributed by atoms with Crippen LogP contribution in [0.15, 0.2) is 60.7 Å². The van der Waals surface area contributed by atoms with Crippen LogP contribution in [0.4, 0.5) is 0 Å². The molecule has 0 saturated heterocycles. The molecular weight excluding hydrogens is 276 g/mol. The summed E-state index contributed by atoms with van der Waals surface area (Å²) in [6.07, 6.45) is -0.696. The Morgan fingerprint density at radius 1 is 1.14 bits per heavy atom. The van der Waals surface area contributed by atoms with E-state index in [0.29, 0.717) is 5.75 Å². The number of carbonyl (C=O) groups excluding carboxylic acids is 1. The zero-order valence-electron chi connectivity index (χ0n) is 12.6. The van der Waals surface area contributed by atoms with Gasteiger partial charge in [-0.3, -0.25) is 4.79 Å². The monoisotopic (exact) mass is 294 g/mol. The van der Waals surface area contributed by atoms with Crippen molar-refractivity contribution in [3.8, 4) is 11.8 Å². The van der Waals surface area contributed by atoms with Gasteiger partial charge in [-0.25, -0.2) is 0 Å². The van der Waals surface area contributed by atoms with Crippen LogP contribution < -0.4 is 10.1 Å². The van der Waals surface area contributed by atoms with Crippen LogP contribution in [0, 0.1) is 11.3 Å². The van der Waals surface area contributed by atoms with Gasteiger partial charge >= 0.3 is 0 Å². The standard InChI is InChI=1S/C18H18N2O2/c1-14(22-16-11-7-4-8-12-16)17(21)20-18(2,13-19)15-9-5-3-6-10-15/h3-12,14H,1-2H3,(H,20,21). The van der Waals surface area contributed by atoms with Crippen molar-refractivity contribution in [1.29, 1.82) is 5.26 Å². The Bertz CT molecular complexity index is 664. The van der Waals surface area contributed by atoms with Crippen LogP contribution >= 0.6 is 0 Å². The van der Waals surface area contributed by atoms with Crippen molar-refractivity contribution in [2.45, 2.75) is 25.5 Å². The quantitative estimate of drug-likeness (QED) is 0.922. The highest BCUT2D eigenvalue weighted by molar-refractivity contribution is 5.82. The number of nitriles is 1. The lowest BCUT2D eigenvalue weighted by Crippen LogP contribution is -2.47. The van der Waals surface area contributed by atoms with Gasteiger partial charge in [-0.1, -0.05) is 48.5 Å². The second kappa shape index (κ2) is 6.77. The first kappa shape index (κ1) is 15.6. The summed E-state index contributed by atoms with van der Waals surface area (Å²) in [7, 11) is 0. The van der Waals surface area contributed by atoms with E-state index in [2.05, 4.69) is 11.4 Å². The van der Waals surface area contributed by atoms with Crippen LogP contribution in [-0.4, -0.2) is 12.0 Å². The average Bonchev–Trinajstić information content (AvgIpc) is 2.56. The molecule has 2 aromatic carbocycles. The number of benzene rings is 2. The smallest absolute Gasteiger partial charge is 0.262 e. The largest absolute Gasteiger partial charge is 0.481 e. The molecule has 0 fully saturated rings. The number of carbonyl (C=O) groups is 1. The Labute approximate surface area is 130 Å². The number of rotatable bonds is 5. The number of ether oxygens (including phenoxy) is 1. The molecule has 0 aliphatic rings. The van der Waals surface area contributed by atoms with Crippen molar-refractivity contribution in [3.05, 3.63) is 66.2 Å². The van der Waals surface area contributed by atoms with E-state index in [4.69, 9.17) is 4.74 Å². The van der Waals surface area contributed by atoms with Crippen LogP contribution in [0.3, 0.4) is 0 Å². The second-order valence-corrected chi connectivity index (χ2v) is 5.17. The molecule has 0 saturated carbocycles. The maximum atomic E-state index is 12.3. The van der Waals surface area contributed by atoms with Crippen LogP contribution in [-0.2, 0) is 10.3 Å². The van der Waals surface area contributed by atoms with Gasteiger partial charge < -0.3 is 10.1 Å². The molecule has 0 spiro atoms. The molecule has 0 heterocycles. The van der Waals surface area contributed by atoms with E-state index in [9.17, 15) is 10.1 Å². The summed E-state index contributed by atoms with van der Waals surface area (Å²) in [5.41, 5.74) is -0.357. The van der Waals surface area contributed by atoms with E-state index >= 15 is 0 Å². The summed E-state index contributed by atoms with van der Waals surface area (Å²) in [4.78, 5) is 12.3. The minimum atomic E-state index is -1.09. The first-order valence-corrected chi connectivity index (χ1v) is 7.05. The molecule has 0 radical (unpaired) electrons. The molecule has 1 amide bonds. The number of amides is 1. The highest BCUT2D eigenvalue weighted by atomic mass is 16.5. The fourth-order valence-electron chi connectivity index (χ4n) is 2.04. The van der Waals surface area contributed by atoms with Crippen LogP contribution in [0.2, 0.25) is 0 Å². The Hall–Kier alpha value is -2.80. The summed E-state index contributed by atoms with van der Waals surface area (Å²) in [6.45, 7) is 3.33. The maximum absolute atomic E-state index is 12.3. The van der Waals surface area contributed by atoms with Gasteiger partial charge in [-0.05, 0) is 31.5 Å². The number of hydrogen-bond donors (Lipinski definition) is 1. The molecule has 0 aliphatic heterocycles. The molecule has 1 N–H and O–H groups in total. The van der Waals surface area contributed by atoms with Gasteiger partial charge in [0, 0.05) is 0 Å². The van der Waals surface area contributed by atoms with Crippen molar-refractivity contribution < 1.29 is 9.53 Å². The Morgan fingerprint density at radius 2 is 1.68 bits per heavy atom. The van der Waals surface area contributed by atoms with Crippen LogP contribution in [0.1, 0.15) is 19.4 Å². The fraction of sp³-hybridized carbons (Fsp3) is 0.222. The van der Waals surface area contributed by atoms with E-state index in [1.165, 1.54) is 0 Å². The lowest BCUT2D eigenvalue weighted by atomic mass is 9.93. The minimum absolute atomic E-state index is 0.336. The van der Waals surface area contributed by atoms with Crippen LogP contribution in [0.5, 0.6) is 5.75 Å². The molecule has 2 unspecified atom stereocenters. The summed E-state index contributed by atoms with van der Waals surface area (Å²) in [5.74, 6) is 0.278. The van der Waals surface area contributed by atoms with E-state index in [0.717, 1.165) is 5.56 Å². The van der Waals surface area contributed by atoms with Crippen molar-refractivity contribution in [2.75, 3.05) is 0 Å². The number of hydrogen-bond acceptors (Lipinski definition) is 3. The fourth-order valence-corrected chi connectivity index (χ4v) is 2.04. The van der Waals surface area contributed by atoms with E-state index in [1.807, 2.05) is 48.5 Å². The first-order chi connectivity index (χ1) is 10.5. The minimum Gasteiger partial charge on any atom is -0.481 e. The van der Waals surface area contributed by atoms with Crippen molar-refractivity contribution in [2.24, 2.45) is 0 Å². The summed E-state index contributed by atoms with van der Waals surface area (Å²) >= 11 is 0. The lowest BCUT2D eigenvalue weighted by Gasteiger charge is -2.25. The highest BCUT2D eigenvalue weighted by Gasteiger charge is 2.30. The molecule has 0 aromatic heterocycles. The van der Waals surface area contributed by atoms with E-state index in [1.54, 1.807) is 26.0 Å². The van der Waals surface area contributed by atoms with Crippen molar-refractivity contribution >= 4 is 5.91 Å². The molecule has 112 valence electrons. The average molecular weight is 294 g/mol. The molecular formula is C18H18N2O2. The molecule has 4 nitrogen and oxygen atoms in total. The Balaban J connectivity index is 2.08. The van der Waals surface area contributed by atoms with Gasteiger partial charge in [0.15, 0.2) is 6.10 Å². The number of nitrogens with zero attached hydrogens (tertiary/aromatic N) is 1. The van der Waals surface area contributed by atoms with Crippen molar-refractivity contribution in [3.63, 3.8) is 0 Å². The number of para-hydroxylation sites is 1. The maximum Gasteiger partial charge on any atom is 0.262 e. The zero-order valence-corrected chi connectivity index (χ0v) is 12.6. The highest BCUT2D eigenvalue weighted by Crippen LogP contribution is 2.20. The summed E-state index contributed by atoms with van der Waals surface area (Å²) in [5, 5.41) is 12.2. The normalized spacial score (nSPS) is 14.2. The van der Waals surface area contributed by atoms with Gasteiger partial charge in [0.2, 0.25) is 0 Å². The van der Waals surface area contributed by atoms with Gasteiger partial charge in [0.05, 0.1) is 6.07 Å². The summed E-state index contributed by atoms with van der Waals surface area (Å²) < 4.78 is 5.58. The van der Waals surface area contributed by atoms with Gasteiger partial charge in [0.1, 0.15) is 11.3 Å². The lowest BCUT2D eigenvalue weighted by molar-refractivity contribution is -0.128. The van der Waals surface area contributed by atoms with Crippen LogP contribution in [0.25, 0.3) is 0 Å². The SMILES string of the molecule is CC(Oc1ccccc1)C(=O)NC(C)(C#N)c1ccccc1. The third kappa shape index (κ3) is 3.64. The molecule has 22 heavy (non-hydrogen) atoms.